The highest BCUT2D eigenvalue weighted by atomic mass is 16.3. The van der Waals surface area contributed by atoms with E-state index in [9.17, 15) is 5.11 Å². The van der Waals surface area contributed by atoms with Gasteiger partial charge in [0.15, 0.2) is 0 Å². The fraction of sp³-hybridized carbons (Fsp3) is 0.846. The third kappa shape index (κ3) is 2.29. The normalized spacial score (nSPS) is 23.1. The molecule has 5 nitrogen and oxygen atoms in total. The second kappa shape index (κ2) is 4.31. The highest BCUT2D eigenvalue weighted by Crippen LogP contribution is 2.42. The van der Waals surface area contributed by atoms with E-state index in [0.29, 0.717) is 12.0 Å². The van der Waals surface area contributed by atoms with Crippen LogP contribution in [0, 0.1) is 19.8 Å². The van der Waals surface area contributed by atoms with Crippen LogP contribution in [0.5, 0.6) is 0 Å². The summed E-state index contributed by atoms with van der Waals surface area (Å²) in [7, 11) is 0. The van der Waals surface area contributed by atoms with E-state index in [1.165, 1.54) is 25.7 Å². The van der Waals surface area contributed by atoms with E-state index in [0.717, 1.165) is 18.2 Å². The van der Waals surface area contributed by atoms with Crippen LogP contribution in [-0.4, -0.2) is 38.1 Å². The van der Waals surface area contributed by atoms with Crippen molar-refractivity contribution in [3.05, 3.63) is 11.6 Å². The maximum atomic E-state index is 9.90. The first-order valence-electron chi connectivity index (χ1n) is 6.89. The summed E-state index contributed by atoms with van der Waals surface area (Å²) in [6.45, 7) is 4.81. The third-order valence-corrected chi connectivity index (χ3v) is 4.10. The van der Waals surface area contributed by atoms with Gasteiger partial charge in [-0.05, 0) is 45.4 Å². The van der Waals surface area contributed by atoms with Crippen LogP contribution in [-0.2, 0) is 6.54 Å². The van der Waals surface area contributed by atoms with Gasteiger partial charge in [-0.2, -0.15) is 5.10 Å². The standard InChI is InChI=1S/C13H22N4O/c1-9-14-10(2)17(16-9)7-13(8-18,11-3-4-11)15-12-5-6-12/h11-12,15,18H,3-8H2,1-2H3. The minimum absolute atomic E-state index is 0.187. The number of aromatic nitrogens is 3. The zero-order valence-electron chi connectivity index (χ0n) is 11.2. The predicted octanol–water partition coefficient (Wildman–Crippen LogP) is 0.788. The molecule has 2 aliphatic rings. The predicted molar refractivity (Wildman–Crippen MR) is 68.2 cm³/mol. The molecule has 1 atom stereocenters. The Hall–Kier alpha value is -0.940. The minimum Gasteiger partial charge on any atom is -0.394 e. The highest BCUT2D eigenvalue weighted by Gasteiger charge is 2.48. The van der Waals surface area contributed by atoms with Crippen molar-refractivity contribution in [3.63, 3.8) is 0 Å². The number of hydrogen-bond acceptors (Lipinski definition) is 4. The van der Waals surface area contributed by atoms with Crippen molar-refractivity contribution in [2.45, 2.75) is 57.7 Å². The van der Waals surface area contributed by atoms with Gasteiger partial charge in [-0.3, -0.25) is 0 Å². The number of nitrogens with zero attached hydrogens (tertiary/aromatic N) is 3. The van der Waals surface area contributed by atoms with Gasteiger partial charge in [-0.15, -0.1) is 0 Å². The molecule has 0 saturated heterocycles. The van der Waals surface area contributed by atoms with E-state index in [1.807, 2.05) is 18.5 Å². The second-order valence-electron chi connectivity index (χ2n) is 5.87. The van der Waals surface area contributed by atoms with Crippen LogP contribution < -0.4 is 5.32 Å². The van der Waals surface area contributed by atoms with Crippen LogP contribution in [0.1, 0.15) is 37.3 Å². The van der Waals surface area contributed by atoms with Gasteiger partial charge in [0.05, 0.1) is 18.7 Å². The summed E-state index contributed by atoms with van der Waals surface area (Å²) in [4.78, 5) is 4.35. The lowest BCUT2D eigenvalue weighted by atomic mass is 9.93. The monoisotopic (exact) mass is 250 g/mol. The Kier molecular flexibility index (Phi) is 2.90. The van der Waals surface area contributed by atoms with E-state index in [2.05, 4.69) is 15.4 Å². The lowest BCUT2D eigenvalue weighted by Gasteiger charge is -2.33. The molecule has 2 saturated carbocycles. The molecule has 0 spiro atoms. The van der Waals surface area contributed by atoms with E-state index in [4.69, 9.17) is 0 Å². The summed E-state index contributed by atoms with van der Waals surface area (Å²) in [6, 6.07) is 0.600. The first-order chi connectivity index (χ1) is 8.63. The molecule has 2 N–H and O–H groups in total. The first-order valence-corrected chi connectivity index (χ1v) is 6.89. The maximum Gasteiger partial charge on any atom is 0.147 e. The summed E-state index contributed by atoms with van der Waals surface area (Å²) < 4.78 is 1.94. The SMILES string of the molecule is Cc1nc(C)n(CC(CO)(NC2CC2)C2CC2)n1. The molecular weight excluding hydrogens is 228 g/mol. The van der Waals surface area contributed by atoms with Gasteiger partial charge in [-0.1, -0.05) is 0 Å². The Balaban J connectivity index is 1.81. The third-order valence-electron chi connectivity index (χ3n) is 4.10. The Morgan fingerprint density at radius 1 is 1.33 bits per heavy atom. The number of aliphatic hydroxyl groups excluding tert-OH is 1. The summed E-state index contributed by atoms with van der Waals surface area (Å²) in [5, 5.41) is 18.0. The molecule has 0 bridgehead atoms. The summed E-state index contributed by atoms with van der Waals surface area (Å²) in [6.07, 6.45) is 4.91. The number of aliphatic hydroxyl groups is 1. The molecule has 1 aromatic rings. The van der Waals surface area contributed by atoms with E-state index in [-0.39, 0.29) is 12.1 Å². The van der Waals surface area contributed by atoms with Crippen molar-refractivity contribution in [3.8, 4) is 0 Å². The molecule has 2 aliphatic carbocycles. The zero-order valence-corrected chi connectivity index (χ0v) is 11.2. The van der Waals surface area contributed by atoms with Crippen LogP contribution in [0.25, 0.3) is 0 Å². The Morgan fingerprint density at radius 3 is 2.50 bits per heavy atom. The number of aryl methyl sites for hydroxylation is 2. The molecule has 1 heterocycles. The average molecular weight is 250 g/mol. The molecule has 1 unspecified atom stereocenters. The van der Waals surface area contributed by atoms with Crippen molar-refractivity contribution in [1.29, 1.82) is 0 Å². The van der Waals surface area contributed by atoms with Gasteiger partial charge in [0.1, 0.15) is 11.6 Å². The quantitative estimate of drug-likeness (QED) is 0.783. The smallest absolute Gasteiger partial charge is 0.147 e. The Bertz CT molecular complexity index is 436. The topological polar surface area (TPSA) is 63.0 Å². The maximum absolute atomic E-state index is 9.90. The summed E-state index contributed by atoms with van der Waals surface area (Å²) in [5.74, 6) is 2.33. The van der Waals surface area contributed by atoms with Crippen molar-refractivity contribution < 1.29 is 5.11 Å². The van der Waals surface area contributed by atoms with Crippen molar-refractivity contribution in [2.75, 3.05) is 6.61 Å². The molecule has 2 fully saturated rings. The van der Waals surface area contributed by atoms with Gasteiger partial charge >= 0.3 is 0 Å². The Morgan fingerprint density at radius 2 is 2.06 bits per heavy atom. The fourth-order valence-electron chi connectivity index (χ4n) is 2.77. The highest BCUT2D eigenvalue weighted by molar-refractivity contribution is 5.05. The molecule has 0 aliphatic heterocycles. The van der Waals surface area contributed by atoms with Crippen molar-refractivity contribution >= 4 is 0 Å². The zero-order chi connectivity index (χ0) is 12.8. The van der Waals surface area contributed by atoms with Crippen molar-refractivity contribution in [1.82, 2.24) is 20.1 Å². The van der Waals surface area contributed by atoms with Gasteiger partial charge in [0, 0.05) is 6.04 Å². The average Bonchev–Trinajstić information content (AvgIpc) is 3.20. The summed E-state index contributed by atoms with van der Waals surface area (Å²) >= 11 is 0. The molecule has 0 aromatic carbocycles. The van der Waals surface area contributed by atoms with Crippen LogP contribution in [0.3, 0.4) is 0 Å². The van der Waals surface area contributed by atoms with E-state index in [1.54, 1.807) is 0 Å². The second-order valence-corrected chi connectivity index (χ2v) is 5.87. The molecule has 0 radical (unpaired) electrons. The van der Waals surface area contributed by atoms with Crippen LogP contribution in [0.4, 0.5) is 0 Å². The lowest BCUT2D eigenvalue weighted by Crippen LogP contribution is -2.55. The van der Waals surface area contributed by atoms with Crippen LogP contribution in [0.2, 0.25) is 0 Å². The molecular formula is C13H22N4O. The molecule has 3 rings (SSSR count). The van der Waals surface area contributed by atoms with Gasteiger partial charge in [0.2, 0.25) is 0 Å². The summed E-state index contributed by atoms with van der Waals surface area (Å²) in [5.41, 5.74) is -0.188. The van der Waals surface area contributed by atoms with E-state index >= 15 is 0 Å². The van der Waals surface area contributed by atoms with Crippen LogP contribution in [0.15, 0.2) is 0 Å². The number of hydrogen-bond donors (Lipinski definition) is 2. The molecule has 5 heteroatoms. The number of nitrogens with one attached hydrogen (secondary N) is 1. The molecule has 18 heavy (non-hydrogen) atoms. The lowest BCUT2D eigenvalue weighted by molar-refractivity contribution is 0.115. The van der Waals surface area contributed by atoms with Crippen molar-refractivity contribution in [2.24, 2.45) is 5.92 Å². The van der Waals surface area contributed by atoms with E-state index < -0.39 is 0 Å². The minimum atomic E-state index is -0.188. The fourth-order valence-corrected chi connectivity index (χ4v) is 2.77. The van der Waals surface area contributed by atoms with Gasteiger partial charge < -0.3 is 10.4 Å². The van der Waals surface area contributed by atoms with Gasteiger partial charge in [-0.25, -0.2) is 9.67 Å². The van der Waals surface area contributed by atoms with Gasteiger partial charge in [0.25, 0.3) is 0 Å². The first kappa shape index (κ1) is 12.1. The molecule has 1 aromatic heterocycles. The van der Waals surface area contributed by atoms with Crippen LogP contribution >= 0.6 is 0 Å². The molecule has 0 amide bonds. The largest absolute Gasteiger partial charge is 0.394 e. The Labute approximate surface area is 108 Å². The number of rotatable bonds is 6. The molecule has 100 valence electrons.